The van der Waals surface area contributed by atoms with E-state index >= 15 is 0 Å². The highest BCUT2D eigenvalue weighted by atomic mass is 35.5. The summed E-state index contributed by atoms with van der Waals surface area (Å²) in [6, 6.07) is 19.2. The van der Waals surface area contributed by atoms with Gasteiger partial charge >= 0.3 is 0 Å². The summed E-state index contributed by atoms with van der Waals surface area (Å²) in [4.78, 5) is 12.8. The minimum absolute atomic E-state index is 0.0997. The van der Waals surface area contributed by atoms with Gasteiger partial charge in [0.25, 0.3) is 0 Å². The van der Waals surface area contributed by atoms with Crippen LogP contribution in [0, 0.1) is 20.8 Å². The smallest absolute Gasteiger partial charge is 0.234 e. The molecule has 3 aromatic carbocycles. The number of halogens is 1. The first-order valence-corrected chi connectivity index (χ1v) is 12.1. The van der Waals surface area contributed by atoms with Crippen LogP contribution in [0.15, 0.2) is 65.8 Å². The molecule has 0 radical (unpaired) electrons. The minimum Gasteiger partial charge on any atom is -0.497 e. The molecule has 34 heavy (non-hydrogen) atoms. The number of thioether (sulfide) groups is 1. The van der Waals surface area contributed by atoms with Crippen LogP contribution in [0.25, 0.3) is 17.1 Å². The zero-order valence-corrected chi connectivity index (χ0v) is 21.0. The molecule has 1 N–H and O–H groups in total. The van der Waals surface area contributed by atoms with Gasteiger partial charge in [0.05, 0.1) is 12.9 Å². The Morgan fingerprint density at radius 3 is 2.26 bits per heavy atom. The number of methoxy groups -OCH3 is 1. The standard InChI is InChI=1S/C26H25ClN4O2S/c1-16-13-17(2)24(18(3)14-16)28-23(32)15-34-26-30-29-25(19-5-7-20(27)8-6-19)31(26)21-9-11-22(33-4)12-10-21/h5-14H,15H2,1-4H3,(H,28,32). The molecule has 4 aromatic rings. The molecule has 0 aliphatic rings. The molecule has 0 saturated heterocycles. The van der Waals surface area contributed by atoms with Crippen molar-refractivity contribution in [1.29, 1.82) is 0 Å². The maximum absolute atomic E-state index is 12.8. The van der Waals surface area contributed by atoms with Crippen LogP contribution in [-0.2, 0) is 4.79 Å². The van der Waals surface area contributed by atoms with E-state index in [0.29, 0.717) is 16.0 Å². The third kappa shape index (κ3) is 5.26. The first-order chi connectivity index (χ1) is 16.4. The monoisotopic (exact) mass is 492 g/mol. The average molecular weight is 493 g/mol. The van der Waals surface area contributed by atoms with Crippen LogP contribution in [0.5, 0.6) is 5.75 Å². The van der Waals surface area contributed by atoms with Crippen molar-refractivity contribution in [3.8, 4) is 22.8 Å². The maximum Gasteiger partial charge on any atom is 0.234 e. The van der Waals surface area contributed by atoms with Crippen LogP contribution in [-0.4, -0.2) is 33.5 Å². The molecule has 0 unspecified atom stereocenters. The van der Waals surface area contributed by atoms with Crippen molar-refractivity contribution in [3.05, 3.63) is 82.4 Å². The molecule has 8 heteroatoms. The van der Waals surface area contributed by atoms with Gasteiger partial charge in [0.15, 0.2) is 11.0 Å². The van der Waals surface area contributed by atoms with E-state index in [1.165, 1.54) is 17.3 Å². The molecular formula is C26H25ClN4O2S. The SMILES string of the molecule is COc1ccc(-n2c(SCC(=O)Nc3c(C)cc(C)cc3C)nnc2-c2ccc(Cl)cc2)cc1. The van der Waals surface area contributed by atoms with Gasteiger partial charge in [-0.1, -0.05) is 41.1 Å². The van der Waals surface area contributed by atoms with Gasteiger partial charge < -0.3 is 10.1 Å². The van der Waals surface area contributed by atoms with Crippen molar-refractivity contribution >= 4 is 35.0 Å². The Labute approximate surface area is 208 Å². The van der Waals surface area contributed by atoms with E-state index in [9.17, 15) is 4.79 Å². The Kier molecular flexibility index (Phi) is 7.24. The number of rotatable bonds is 7. The third-order valence-electron chi connectivity index (χ3n) is 5.34. The number of hydrogen-bond acceptors (Lipinski definition) is 5. The zero-order chi connectivity index (χ0) is 24.2. The Morgan fingerprint density at radius 2 is 1.65 bits per heavy atom. The molecule has 1 heterocycles. The number of amides is 1. The predicted octanol–water partition coefficient (Wildman–Crippen LogP) is 6.25. The Balaban J connectivity index is 1.61. The second-order valence-electron chi connectivity index (χ2n) is 7.96. The van der Waals surface area contributed by atoms with Crippen LogP contribution in [0.3, 0.4) is 0 Å². The molecule has 1 aromatic heterocycles. The lowest BCUT2D eigenvalue weighted by atomic mass is 10.1. The Morgan fingerprint density at radius 1 is 1.00 bits per heavy atom. The van der Waals surface area contributed by atoms with E-state index < -0.39 is 0 Å². The van der Waals surface area contributed by atoms with Crippen LogP contribution < -0.4 is 10.1 Å². The van der Waals surface area contributed by atoms with Crippen molar-refractivity contribution in [1.82, 2.24) is 14.8 Å². The number of carbonyl (C=O) groups excluding carboxylic acids is 1. The summed E-state index contributed by atoms with van der Waals surface area (Å²) in [5.41, 5.74) is 5.85. The quantitative estimate of drug-likeness (QED) is 0.309. The van der Waals surface area contributed by atoms with Crippen LogP contribution in [0.4, 0.5) is 5.69 Å². The van der Waals surface area contributed by atoms with Crippen molar-refractivity contribution in [2.75, 3.05) is 18.2 Å². The van der Waals surface area contributed by atoms with Gasteiger partial charge in [-0.2, -0.15) is 0 Å². The molecule has 1 amide bonds. The lowest BCUT2D eigenvalue weighted by Crippen LogP contribution is -2.16. The van der Waals surface area contributed by atoms with E-state index in [1.807, 2.05) is 73.9 Å². The Hall–Kier alpha value is -3.29. The van der Waals surface area contributed by atoms with Gasteiger partial charge in [-0.25, -0.2) is 0 Å². The summed E-state index contributed by atoms with van der Waals surface area (Å²) < 4.78 is 7.23. The average Bonchev–Trinajstić information content (AvgIpc) is 3.24. The zero-order valence-electron chi connectivity index (χ0n) is 19.4. The van der Waals surface area contributed by atoms with Crippen LogP contribution in [0.1, 0.15) is 16.7 Å². The third-order valence-corrected chi connectivity index (χ3v) is 6.52. The fraction of sp³-hybridized carbons (Fsp3) is 0.192. The topological polar surface area (TPSA) is 69.0 Å². The summed E-state index contributed by atoms with van der Waals surface area (Å²) in [5, 5.41) is 13.1. The molecule has 0 aliphatic carbocycles. The highest BCUT2D eigenvalue weighted by Gasteiger charge is 2.18. The number of anilines is 1. The number of nitrogens with zero attached hydrogens (tertiary/aromatic N) is 3. The van der Waals surface area contributed by atoms with E-state index in [-0.39, 0.29) is 11.7 Å². The lowest BCUT2D eigenvalue weighted by molar-refractivity contribution is -0.113. The molecule has 0 bridgehead atoms. The van der Waals surface area contributed by atoms with Crippen molar-refractivity contribution in [3.63, 3.8) is 0 Å². The van der Waals surface area contributed by atoms with E-state index in [2.05, 4.69) is 27.6 Å². The van der Waals surface area contributed by atoms with Gasteiger partial charge in [-0.05, 0) is 80.4 Å². The van der Waals surface area contributed by atoms with Gasteiger partial charge in [0.2, 0.25) is 5.91 Å². The first-order valence-electron chi connectivity index (χ1n) is 10.7. The molecule has 6 nitrogen and oxygen atoms in total. The normalized spacial score (nSPS) is 10.9. The summed E-state index contributed by atoms with van der Waals surface area (Å²) in [6.45, 7) is 6.05. The maximum atomic E-state index is 12.8. The number of hydrogen-bond donors (Lipinski definition) is 1. The number of aromatic nitrogens is 3. The van der Waals surface area contributed by atoms with E-state index in [1.54, 1.807) is 7.11 Å². The van der Waals surface area contributed by atoms with E-state index in [4.69, 9.17) is 16.3 Å². The fourth-order valence-corrected chi connectivity index (χ4v) is 4.67. The van der Waals surface area contributed by atoms with E-state index in [0.717, 1.165) is 33.8 Å². The fourth-order valence-electron chi connectivity index (χ4n) is 3.80. The summed E-state index contributed by atoms with van der Waals surface area (Å²) in [6.07, 6.45) is 0. The second-order valence-corrected chi connectivity index (χ2v) is 9.34. The molecule has 0 spiro atoms. The predicted molar refractivity (Wildman–Crippen MR) is 138 cm³/mol. The molecule has 0 fully saturated rings. The summed E-state index contributed by atoms with van der Waals surface area (Å²) in [5.74, 6) is 1.51. The molecular weight excluding hydrogens is 468 g/mol. The first kappa shape index (κ1) is 23.9. The second kappa shape index (κ2) is 10.3. The highest BCUT2D eigenvalue weighted by Crippen LogP contribution is 2.30. The van der Waals surface area contributed by atoms with Crippen LogP contribution in [0.2, 0.25) is 5.02 Å². The minimum atomic E-state index is -0.0997. The van der Waals surface area contributed by atoms with Crippen molar-refractivity contribution in [2.45, 2.75) is 25.9 Å². The van der Waals surface area contributed by atoms with Gasteiger partial charge in [0.1, 0.15) is 5.75 Å². The molecule has 0 atom stereocenters. The van der Waals surface area contributed by atoms with Crippen LogP contribution >= 0.6 is 23.4 Å². The number of carbonyl (C=O) groups is 1. The lowest BCUT2D eigenvalue weighted by Gasteiger charge is -2.13. The number of ether oxygens (including phenoxy) is 1. The summed E-state index contributed by atoms with van der Waals surface area (Å²) in [7, 11) is 1.63. The van der Waals surface area contributed by atoms with Crippen molar-refractivity contribution < 1.29 is 9.53 Å². The largest absolute Gasteiger partial charge is 0.497 e. The van der Waals surface area contributed by atoms with Gasteiger partial charge in [0, 0.05) is 22.0 Å². The molecule has 174 valence electrons. The van der Waals surface area contributed by atoms with Crippen molar-refractivity contribution in [2.24, 2.45) is 0 Å². The molecule has 4 rings (SSSR count). The molecule has 0 aliphatic heterocycles. The highest BCUT2D eigenvalue weighted by molar-refractivity contribution is 7.99. The summed E-state index contributed by atoms with van der Waals surface area (Å²) >= 11 is 7.40. The number of nitrogens with one attached hydrogen (secondary N) is 1. The number of aryl methyl sites for hydroxylation is 3. The van der Waals surface area contributed by atoms with Gasteiger partial charge in [-0.15, -0.1) is 10.2 Å². The Bertz CT molecular complexity index is 1290. The molecule has 0 saturated carbocycles. The van der Waals surface area contributed by atoms with Gasteiger partial charge in [-0.3, -0.25) is 9.36 Å². The number of benzene rings is 3.